The maximum atomic E-state index is 13.4. The number of hydrogen-bond acceptors (Lipinski definition) is 2. The van der Waals surface area contributed by atoms with Gasteiger partial charge in [0.15, 0.2) is 0 Å². The number of halogens is 1. The van der Waals surface area contributed by atoms with Crippen molar-refractivity contribution in [2.75, 3.05) is 5.32 Å². The van der Waals surface area contributed by atoms with Gasteiger partial charge in [-0.3, -0.25) is 4.79 Å². The van der Waals surface area contributed by atoms with Crippen LogP contribution in [0.15, 0.2) is 18.2 Å². The molecule has 4 heteroatoms. The topological polar surface area (TPSA) is 55.1 Å². The first kappa shape index (κ1) is 12.6. The van der Waals surface area contributed by atoms with Crippen molar-refractivity contribution in [2.24, 2.45) is 5.73 Å². The van der Waals surface area contributed by atoms with Crippen LogP contribution < -0.4 is 11.1 Å². The van der Waals surface area contributed by atoms with Gasteiger partial charge in [0.1, 0.15) is 5.82 Å². The Morgan fingerprint density at radius 2 is 2.25 bits per heavy atom. The number of rotatable bonds is 4. The Kier molecular flexibility index (Phi) is 4.43. The normalized spacial score (nSPS) is 12.2. The number of nitrogens with one attached hydrogen (secondary N) is 1. The fourth-order valence-corrected chi connectivity index (χ4v) is 1.42. The summed E-state index contributed by atoms with van der Waals surface area (Å²) in [6.45, 7) is 3.63. The maximum absolute atomic E-state index is 13.4. The van der Waals surface area contributed by atoms with E-state index < -0.39 is 0 Å². The van der Waals surface area contributed by atoms with Gasteiger partial charge in [0, 0.05) is 18.2 Å². The highest BCUT2D eigenvalue weighted by Gasteiger charge is 2.07. The molecule has 1 aromatic carbocycles. The van der Waals surface area contributed by atoms with E-state index in [1.165, 1.54) is 6.07 Å². The van der Waals surface area contributed by atoms with Gasteiger partial charge in [-0.05, 0) is 31.0 Å². The first-order chi connectivity index (χ1) is 7.52. The quantitative estimate of drug-likeness (QED) is 0.822. The summed E-state index contributed by atoms with van der Waals surface area (Å²) < 4.78 is 13.4. The number of carbonyl (C=O) groups is 1. The molecule has 0 aromatic heterocycles. The lowest BCUT2D eigenvalue weighted by Gasteiger charge is -2.08. The van der Waals surface area contributed by atoms with E-state index in [9.17, 15) is 9.18 Å². The summed E-state index contributed by atoms with van der Waals surface area (Å²) in [6.07, 6.45) is 0.872. The van der Waals surface area contributed by atoms with E-state index in [2.05, 4.69) is 5.32 Å². The van der Waals surface area contributed by atoms with E-state index in [-0.39, 0.29) is 24.2 Å². The number of nitrogens with two attached hydrogens (primary N) is 1. The minimum Gasteiger partial charge on any atom is -0.327 e. The van der Waals surface area contributed by atoms with Crippen LogP contribution in [0.5, 0.6) is 0 Å². The maximum Gasteiger partial charge on any atom is 0.225 e. The van der Waals surface area contributed by atoms with Crippen LogP contribution in [0.3, 0.4) is 0 Å². The van der Waals surface area contributed by atoms with Crippen molar-refractivity contribution >= 4 is 11.6 Å². The van der Waals surface area contributed by atoms with Crippen LogP contribution >= 0.6 is 0 Å². The van der Waals surface area contributed by atoms with Gasteiger partial charge in [0.2, 0.25) is 5.91 Å². The largest absolute Gasteiger partial charge is 0.327 e. The summed E-state index contributed by atoms with van der Waals surface area (Å²) in [6, 6.07) is 4.51. The predicted octanol–water partition coefficient (Wildman–Crippen LogP) is 2.06. The van der Waals surface area contributed by atoms with Crippen molar-refractivity contribution in [1.29, 1.82) is 0 Å². The molecule has 0 saturated heterocycles. The smallest absolute Gasteiger partial charge is 0.225 e. The summed E-state index contributed by atoms with van der Waals surface area (Å²) >= 11 is 0. The predicted molar refractivity (Wildman–Crippen MR) is 62.7 cm³/mol. The molecule has 3 N–H and O–H groups in total. The minimum absolute atomic E-state index is 0.195. The molecule has 0 fully saturated rings. The molecule has 0 aliphatic rings. The van der Waals surface area contributed by atoms with Crippen LogP contribution in [0, 0.1) is 5.82 Å². The van der Waals surface area contributed by atoms with E-state index in [0.717, 1.165) is 0 Å². The molecule has 0 saturated carbocycles. The van der Waals surface area contributed by atoms with E-state index in [0.29, 0.717) is 17.7 Å². The summed E-state index contributed by atoms with van der Waals surface area (Å²) in [4.78, 5) is 11.4. The van der Waals surface area contributed by atoms with E-state index in [4.69, 9.17) is 5.73 Å². The highest BCUT2D eigenvalue weighted by molar-refractivity contribution is 5.91. The van der Waals surface area contributed by atoms with Gasteiger partial charge in [-0.2, -0.15) is 0 Å². The van der Waals surface area contributed by atoms with Gasteiger partial charge in [0.05, 0.1) is 0 Å². The molecule has 1 amide bonds. The molecule has 0 aliphatic carbocycles. The lowest BCUT2D eigenvalue weighted by atomic mass is 10.1. The molecular weight excluding hydrogens is 207 g/mol. The zero-order valence-electron chi connectivity index (χ0n) is 9.59. The number of amides is 1. The number of hydrogen-bond donors (Lipinski definition) is 2. The van der Waals surface area contributed by atoms with Gasteiger partial charge in [-0.15, -0.1) is 0 Å². The fourth-order valence-electron chi connectivity index (χ4n) is 1.42. The van der Waals surface area contributed by atoms with Crippen molar-refractivity contribution in [3.63, 3.8) is 0 Å². The third kappa shape index (κ3) is 3.62. The zero-order chi connectivity index (χ0) is 12.1. The van der Waals surface area contributed by atoms with E-state index >= 15 is 0 Å². The molecule has 1 aromatic rings. The number of aryl methyl sites for hydroxylation is 1. The molecule has 3 nitrogen and oxygen atoms in total. The van der Waals surface area contributed by atoms with Gasteiger partial charge in [0.25, 0.3) is 0 Å². The van der Waals surface area contributed by atoms with Crippen LogP contribution in [-0.2, 0) is 11.2 Å². The monoisotopic (exact) mass is 224 g/mol. The van der Waals surface area contributed by atoms with Gasteiger partial charge >= 0.3 is 0 Å². The number of anilines is 1. The first-order valence-corrected chi connectivity index (χ1v) is 5.36. The third-order valence-corrected chi connectivity index (χ3v) is 2.23. The minimum atomic E-state index is -0.291. The van der Waals surface area contributed by atoms with E-state index in [1.807, 2.05) is 6.92 Å². The van der Waals surface area contributed by atoms with Crippen LogP contribution in [0.2, 0.25) is 0 Å². The van der Waals surface area contributed by atoms with Crippen LogP contribution in [-0.4, -0.2) is 11.9 Å². The van der Waals surface area contributed by atoms with Crippen molar-refractivity contribution in [3.05, 3.63) is 29.6 Å². The zero-order valence-corrected chi connectivity index (χ0v) is 9.59. The van der Waals surface area contributed by atoms with E-state index in [1.54, 1.807) is 19.1 Å². The highest BCUT2D eigenvalue weighted by atomic mass is 19.1. The van der Waals surface area contributed by atoms with Gasteiger partial charge in [-0.1, -0.05) is 13.0 Å². The molecule has 1 rings (SSSR count). The van der Waals surface area contributed by atoms with Gasteiger partial charge < -0.3 is 11.1 Å². The molecule has 1 atom stereocenters. The second-order valence-corrected chi connectivity index (χ2v) is 3.89. The Hall–Kier alpha value is -1.42. The molecular formula is C12H17FN2O. The number of benzene rings is 1. The summed E-state index contributed by atoms with van der Waals surface area (Å²) in [5.74, 6) is -0.486. The third-order valence-electron chi connectivity index (χ3n) is 2.23. The second-order valence-electron chi connectivity index (χ2n) is 3.89. The molecule has 0 aliphatic heterocycles. The standard InChI is InChI=1S/C12H17FN2O/c1-3-9-4-5-10(7-11(9)13)15-12(16)6-8(2)14/h4-5,7-8H,3,6,14H2,1-2H3,(H,15,16). The lowest BCUT2D eigenvalue weighted by Crippen LogP contribution is -2.24. The van der Waals surface area contributed by atoms with Crippen molar-refractivity contribution in [2.45, 2.75) is 32.7 Å². The molecule has 0 bridgehead atoms. The molecule has 1 unspecified atom stereocenters. The highest BCUT2D eigenvalue weighted by Crippen LogP contribution is 2.15. The Morgan fingerprint density at radius 3 is 2.75 bits per heavy atom. The Bertz CT molecular complexity index is 377. The van der Waals surface area contributed by atoms with Crippen molar-refractivity contribution < 1.29 is 9.18 Å². The molecule has 0 spiro atoms. The van der Waals surface area contributed by atoms with Crippen molar-refractivity contribution in [1.82, 2.24) is 0 Å². The van der Waals surface area contributed by atoms with Crippen molar-refractivity contribution in [3.8, 4) is 0 Å². The lowest BCUT2D eigenvalue weighted by molar-refractivity contribution is -0.116. The van der Waals surface area contributed by atoms with Crippen LogP contribution in [0.4, 0.5) is 10.1 Å². The van der Waals surface area contributed by atoms with Crippen LogP contribution in [0.1, 0.15) is 25.8 Å². The average Bonchev–Trinajstić information content (AvgIpc) is 2.16. The summed E-state index contributed by atoms with van der Waals surface area (Å²) in [7, 11) is 0. The average molecular weight is 224 g/mol. The summed E-state index contributed by atoms with van der Waals surface area (Å²) in [5.41, 5.74) is 6.60. The summed E-state index contributed by atoms with van der Waals surface area (Å²) in [5, 5.41) is 2.61. The molecule has 88 valence electrons. The Morgan fingerprint density at radius 1 is 1.56 bits per heavy atom. The molecule has 0 radical (unpaired) electrons. The molecule has 0 heterocycles. The second kappa shape index (κ2) is 5.61. The first-order valence-electron chi connectivity index (χ1n) is 5.36. The Balaban J connectivity index is 2.68. The number of carbonyl (C=O) groups excluding carboxylic acids is 1. The SMILES string of the molecule is CCc1ccc(NC(=O)CC(C)N)cc1F. The van der Waals surface area contributed by atoms with Gasteiger partial charge in [-0.25, -0.2) is 4.39 Å². The molecule has 16 heavy (non-hydrogen) atoms. The fraction of sp³-hybridized carbons (Fsp3) is 0.417. The van der Waals surface area contributed by atoms with Crippen LogP contribution in [0.25, 0.3) is 0 Å². The Labute approximate surface area is 94.8 Å².